The zero-order valence-electron chi connectivity index (χ0n) is 12.1. The van der Waals surface area contributed by atoms with Gasteiger partial charge in [-0.05, 0) is 18.1 Å². The molecule has 0 bridgehead atoms. The topological polar surface area (TPSA) is 9.23 Å². The van der Waals surface area contributed by atoms with E-state index in [1.54, 1.807) is 0 Å². The van der Waals surface area contributed by atoms with Crippen molar-refractivity contribution in [2.75, 3.05) is 0 Å². The van der Waals surface area contributed by atoms with E-state index in [1.807, 2.05) is 13.5 Å². The van der Waals surface area contributed by atoms with Crippen molar-refractivity contribution in [2.24, 2.45) is 0 Å². The van der Waals surface area contributed by atoms with Crippen LogP contribution in [0.2, 0.25) is 18.1 Å². The van der Waals surface area contributed by atoms with E-state index >= 15 is 0 Å². The Morgan fingerprint density at radius 2 is 1.39 bits per heavy atom. The average molecular weight is 261 g/mol. The van der Waals surface area contributed by atoms with Gasteiger partial charge in [0.1, 0.15) is 0 Å². The summed E-state index contributed by atoms with van der Waals surface area (Å²) in [5.74, 6) is 0. The van der Waals surface area contributed by atoms with Crippen LogP contribution >= 0.6 is 0 Å². The van der Waals surface area contributed by atoms with Gasteiger partial charge in [-0.15, -0.1) is 0 Å². The highest BCUT2D eigenvalue weighted by molar-refractivity contribution is 6.79. The Morgan fingerprint density at radius 3 is 1.83 bits per heavy atom. The highest BCUT2D eigenvalue weighted by Gasteiger charge is 2.31. The first-order chi connectivity index (χ1) is 8.76. The molecule has 99 valence electrons. The highest BCUT2D eigenvalue weighted by atomic mass is 28.4. The van der Waals surface area contributed by atoms with Crippen molar-refractivity contribution in [3.63, 3.8) is 0 Å². The van der Waals surface area contributed by atoms with Crippen LogP contribution in [0.3, 0.4) is 0 Å². The molecule has 0 atom stereocenters. The Labute approximate surface area is 114 Å². The van der Waals surface area contributed by atoms with Gasteiger partial charge in [0, 0.05) is 0 Å². The molecular formula is C15H26BOSi. The van der Waals surface area contributed by atoms with Gasteiger partial charge >= 0.3 is 7.48 Å². The van der Waals surface area contributed by atoms with Gasteiger partial charge in [-0.2, -0.15) is 0 Å². The van der Waals surface area contributed by atoms with Gasteiger partial charge in [-0.3, -0.25) is 0 Å². The molecule has 1 aromatic carbocycles. The molecule has 0 aromatic heterocycles. The minimum atomic E-state index is -1.53. The quantitative estimate of drug-likeness (QED) is 0.607. The predicted octanol–water partition coefficient (Wildman–Crippen LogP) is 4.12. The molecule has 0 saturated heterocycles. The van der Waals surface area contributed by atoms with Crippen molar-refractivity contribution in [3.05, 3.63) is 30.3 Å². The molecule has 0 N–H and O–H groups in total. The zero-order valence-corrected chi connectivity index (χ0v) is 13.1. The molecule has 0 aliphatic carbocycles. The Hall–Kier alpha value is -0.538. The van der Waals surface area contributed by atoms with Gasteiger partial charge in [-0.25, -0.2) is 0 Å². The summed E-state index contributed by atoms with van der Waals surface area (Å²) in [5, 5.41) is 0. The Kier molecular flexibility index (Phi) is 7.37. The molecule has 0 saturated carbocycles. The van der Waals surface area contributed by atoms with Crippen molar-refractivity contribution in [3.8, 4) is 0 Å². The molecule has 0 amide bonds. The Bertz CT molecular complexity index is 299. The fourth-order valence-electron chi connectivity index (χ4n) is 2.64. The second-order valence-corrected chi connectivity index (χ2v) is 9.18. The van der Waals surface area contributed by atoms with Crippen LogP contribution in [0.1, 0.15) is 40.0 Å². The molecule has 1 rings (SSSR count). The summed E-state index contributed by atoms with van der Waals surface area (Å²) >= 11 is 0. The van der Waals surface area contributed by atoms with Gasteiger partial charge in [0.25, 0.3) is 0 Å². The first-order valence-electron chi connectivity index (χ1n) is 7.32. The molecule has 0 aliphatic heterocycles. The largest absolute Gasteiger partial charge is 0.476 e. The minimum absolute atomic E-state index is 1.19. The van der Waals surface area contributed by atoms with Crippen LogP contribution in [0.15, 0.2) is 30.3 Å². The van der Waals surface area contributed by atoms with Gasteiger partial charge in [-0.1, -0.05) is 75.8 Å². The van der Waals surface area contributed by atoms with Crippen LogP contribution in [-0.4, -0.2) is 15.8 Å². The van der Waals surface area contributed by atoms with Crippen molar-refractivity contribution in [2.45, 2.75) is 58.2 Å². The molecule has 0 unspecified atom stereocenters. The van der Waals surface area contributed by atoms with Gasteiger partial charge in [0.15, 0.2) is 8.32 Å². The maximum absolute atomic E-state index is 6.35. The first kappa shape index (κ1) is 15.5. The second-order valence-electron chi connectivity index (χ2n) is 5.08. The van der Waals surface area contributed by atoms with Crippen LogP contribution in [-0.2, 0) is 4.34 Å². The SMILES string of the molecule is CCC[Si](CCC)(CCC)O[B]c1ccccc1. The summed E-state index contributed by atoms with van der Waals surface area (Å²) < 4.78 is 6.35. The molecule has 3 heteroatoms. The summed E-state index contributed by atoms with van der Waals surface area (Å²) in [6, 6.07) is 14.3. The lowest BCUT2D eigenvalue weighted by atomic mass is 9.89. The molecular weight excluding hydrogens is 235 g/mol. The maximum Gasteiger partial charge on any atom is 0.318 e. The zero-order chi connectivity index (χ0) is 13.3. The fourth-order valence-corrected chi connectivity index (χ4v) is 6.87. The molecule has 18 heavy (non-hydrogen) atoms. The smallest absolute Gasteiger partial charge is 0.318 e. The normalized spacial score (nSPS) is 11.5. The number of hydrogen-bond donors (Lipinski definition) is 0. The van der Waals surface area contributed by atoms with Gasteiger partial charge in [0.05, 0.1) is 0 Å². The molecule has 0 aliphatic rings. The predicted molar refractivity (Wildman–Crippen MR) is 84.0 cm³/mol. The maximum atomic E-state index is 6.35. The standard InChI is InChI=1S/C15H26BOSi/c1-4-12-18(13-5-2,14-6-3)17-16-15-10-8-7-9-11-15/h7-11H,4-6,12-14H2,1-3H3. The van der Waals surface area contributed by atoms with Crippen LogP contribution in [0, 0.1) is 0 Å². The number of benzene rings is 1. The van der Waals surface area contributed by atoms with Crippen LogP contribution < -0.4 is 5.46 Å². The van der Waals surface area contributed by atoms with Crippen molar-refractivity contribution in [1.29, 1.82) is 0 Å². The molecule has 1 radical (unpaired) electrons. The van der Waals surface area contributed by atoms with Crippen LogP contribution in [0.25, 0.3) is 0 Å². The van der Waals surface area contributed by atoms with E-state index in [0.29, 0.717) is 0 Å². The third kappa shape index (κ3) is 4.99. The van der Waals surface area contributed by atoms with Gasteiger partial charge < -0.3 is 4.34 Å². The van der Waals surface area contributed by atoms with E-state index in [1.165, 1.54) is 42.9 Å². The monoisotopic (exact) mass is 261 g/mol. The molecule has 1 nitrogen and oxygen atoms in total. The van der Waals surface area contributed by atoms with E-state index in [2.05, 4.69) is 45.0 Å². The van der Waals surface area contributed by atoms with Crippen molar-refractivity contribution < 1.29 is 4.34 Å². The first-order valence-corrected chi connectivity index (χ1v) is 9.85. The third-order valence-electron chi connectivity index (χ3n) is 3.36. The Balaban J connectivity index is 2.64. The third-order valence-corrected chi connectivity index (χ3v) is 8.21. The van der Waals surface area contributed by atoms with Crippen LogP contribution in [0.5, 0.6) is 0 Å². The van der Waals surface area contributed by atoms with Gasteiger partial charge in [0.2, 0.25) is 0 Å². The Morgan fingerprint density at radius 1 is 0.889 bits per heavy atom. The molecule has 0 spiro atoms. The minimum Gasteiger partial charge on any atom is -0.476 e. The fraction of sp³-hybridized carbons (Fsp3) is 0.600. The summed E-state index contributed by atoms with van der Waals surface area (Å²) in [5.41, 5.74) is 1.19. The summed E-state index contributed by atoms with van der Waals surface area (Å²) in [6.45, 7) is 6.83. The lowest BCUT2D eigenvalue weighted by Crippen LogP contribution is -2.41. The average Bonchev–Trinajstić information content (AvgIpc) is 2.39. The highest BCUT2D eigenvalue weighted by Crippen LogP contribution is 2.26. The summed E-state index contributed by atoms with van der Waals surface area (Å²) in [6.07, 6.45) is 3.73. The van der Waals surface area contributed by atoms with E-state index in [4.69, 9.17) is 4.34 Å². The molecule has 0 heterocycles. The summed E-state index contributed by atoms with van der Waals surface area (Å²) in [4.78, 5) is 0. The van der Waals surface area contributed by atoms with E-state index in [-0.39, 0.29) is 0 Å². The van der Waals surface area contributed by atoms with E-state index in [9.17, 15) is 0 Å². The van der Waals surface area contributed by atoms with E-state index in [0.717, 1.165) is 0 Å². The molecule has 0 fully saturated rings. The lowest BCUT2D eigenvalue weighted by Gasteiger charge is -2.31. The second kappa shape index (κ2) is 8.54. The van der Waals surface area contributed by atoms with Crippen molar-refractivity contribution in [1.82, 2.24) is 0 Å². The molecule has 1 aromatic rings. The van der Waals surface area contributed by atoms with E-state index < -0.39 is 8.32 Å². The number of rotatable bonds is 9. The van der Waals surface area contributed by atoms with Crippen molar-refractivity contribution >= 4 is 21.3 Å². The van der Waals surface area contributed by atoms with Crippen LogP contribution in [0.4, 0.5) is 0 Å². The lowest BCUT2D eigenvalue weighted by molar-refractivity contribution is 0.558. The number of hydrogen-bond acceptors (Lipinski definition) is 1. The summed E-state index contributed by atoms with van der Waals surface area (Å²) in [7, 11) is 0.473.